The lowest BCUT2D eigenvalue weighted by atomic mass is 9.86. The molecule has 0 atom stereocenters. The van der Waals surface area contributed by atoms with E-state index in [9.17, 15) is 14.0 Å². The van der Waals surface area contributed by atoms with E-state index >= 15 is 0 Å². The molecule has 0 saturated heterocycles. The molecule has 1 aliphatic carbocycles. The van der Waals surface area contributed by atoms with Crippen LogP contribution in [0.2, 0.25) is 0 Å². The number of carboxylic acids is 1. The van der Waals surface area contributed by atoms with Crippen LogP contribution in [0.5, 0.6) is 11.6 Å². The van der Waals surface area contributed by atoms with E-state index in [0.717, 1.165) is 0 Å². The van der Waals surface area contributed by atoms with Gasteiger partial charge < -0.3 is 20.5 Å². The first kappa shape index (κ1) is 19.6. The number of ether oxygens (including phenoxy) is 1. The largest absolute Gasteiger partial charge is 0.481 e. The number of nitrogens with zero attached hydrogens (tertiary/aromatic N) is 1. The third-order valence-corrected chi connectivity index (χ3v) is 4.71. The Morgan fingerprint density at radius 1 is 1.18 bits per heavy atom. The molecule has 1 saturated carbocycles. The van der Waals surface area contributed by atoms with Crippen molar-refractivity contribution in [2.75, 3.05) is 0 Å². The number of halogens is 1. The van der Waals surface area contributed by atoms with Gasteiger partial charge in [-0.15, -0.1) is 0 Å². The summed E-state index contributed by atoms with van der Waals surface area (Å²) in [6.45, 7) is 0.189. The fourth-order valence-corrected chi connectivity index (χ4v) is 3.19. The van der Waals surface area contributed by atoms with E-state index in [1.165, 1.54) is 18.2 Å². The summed E-state index contributed by atoms with van der Waals surface area (Å²) >= 11 is 0. The third-order valence-electron chi connectivity index (χ3n) is 4.71. The number of benzene rings is 1. The number of carbonyl (C=O) groups excluding carboxylic acids is 1. The van der Waals surface area contributed by atoms with Gasteiger partial charge in [0.2, 0.25) is 5.88 Å². The van der Waals surface area contributed by atoms with Crippen molar-refractivity contribution < 1.29 is 23.8 Å². The van der Waals surface area contributed by atoms with Gasteiger partial charge in [0, 0.05) is 30.4 Å². The number of aliphatic carboxylic acids is 1. The molecule has 1 aromatic heterocycles. The van der Waals surface area contributed by atoms with E-state index in [1.54, 1.807) is 24.4 Å². The van der Waals surface area contributed by atoms with Crippen molar-refractivity contribution in [3.05, 3.63) is 54.0 Å². The van der Waals surface area contributed by atoms with Gasteiger partial charge in [-0.25, -0.2) is 14.2 Å². The summed E-state index contributed by atoms with van der Waals surface area (Å²) < 4.78 is 18.9. The van der Waals surface area contributed by atoms with Crippen LogP contribution in [-0.4, -0.2) is 28.1 Å². The minimum atomic E-state index is -0.773. The summed E-state index contributed by atoms with van der Waals surface area (Å²) in [7, 11) is 0. The van der Waals surface area contributed by atoms with Crippen molar-refractivity contribution in [1.29, 1.82) is 0 Å². The first-order valence-corrected chi connectivity index (χ1v) is 9.16. The Morgan fingerprint density at radius 2 is 1.96 bits per heavy atom. The molecule has 2 amide bonds. The van der Waals surface area contributed by atoms with E-state index in [1.807, 2.05) is 0 Å². The van der Waals surface area contributed by atoms with Crippen LogP contribution in [0.4, 0.5) is 9.18 Å². The zero-order valence-corrected chi connectivity index (χ0v) is 15.2. The first-order valence-electron chi connectivity index (χ1n) is 9.16. The maximum absolute atomic E-state index is 13.3. The van der Waals surface area contributed by atoms with E-state index in [4.69, 9.17) is 9.84 Å². The second-order valence-corrected chi connectivity index (χ2v) is 6.74. The molecule has 3 N–H and O–H groups in total. The highest BCUT2D eigenvalue weighted by Gasteiger charge is 2.26. The quantitative estimate of drug-likeness (QED) is 0.705. The molecule has 1 heterocycles. The highest BCUT2D eigenvalue weighted by atomic mass is 19.1. The monoisotopic (exact) mass is 387 g/mol. The highest BCUT2D eigenvalue weighted by Crippen LogP contribution is 2.25. The van der Waals surface area contributed by atoms with Gasteiger partial charge in [-0.3, -0.25) is 4.79 Å². The number of aromatic nitrogens is 1. The van der Waals surface area contributed by atoms with Crippen molar-refractivity contribution in [3.63, 3.8) is 0 Å². The molecule has 148 valence electrons. The average Bonchev–Trinajstić information content (AvgIpc) is 2.68. The molecule has 3 rings (SSSR count). The Hall–Kier alpha value is -3.16. The fraction of sp³-hybridized carbons (Fsp3) is 0.350. The molecule has 0 radical (unpaired) electrons. The number of pyridine rings is 1. The molecular weight excluding hydrogens is 365 g/mol. The Kier molecular flexibility index (Phi) is 6.41. The molecule has 1 aliphatic rings. The zero-order valence-electron chi connectivity index (χ0n) is 15.2. The smallest absolute Gasteiger partial charge is 0.315 e. The average molecular weight is 387 g/mol. The summed E-state index contributed by atoms with van der Waals surface area (Å²) in [6, 6.07) is 8.86. The topological polar surface area (TPSA) is 101 Å². The minimum Gasteiger partial charge on any atom is -0.481 e. The molecule has 7 nitrogen and oxygen atoms in total. The van der Waals surface area contributed by atoms with Crippen LogP contribution in [0.1, 0.15) is 31.2 Å². The summed E-state index contributed by atoms with van der Waals surface area (Å²) in [5.41, 5.74) is 0.650. The van der Waals surface area contributed by atoms with E-state index < -0.39 is 11.8 Å². The number of amides is 2. The van der Waals surface area contributed by atoms with Crippen molar-refractivity contribution in [1.82, 2.24) is 15.6 Å². The van der Waals surface area contributed by atoms with Gasteiger partial charge in [-0.1, -0.05) is 12.1 Å². The molecule has 2 aromatic rings. The number of carboxylic acid groups (broad SMARTS) is 1. The highest BCUT2D eigenvalue weighted by molar-refractivity contribution is 5.74. The predicted molar refractivity (Wildman–Crippen MR) is 99.5 cm³/mol. The van der Waals surface area contributed by atoms with Gasteiger partial charge >= 0.3 is 12.0 Å². The van der Waals surface area contributed by atoms with Crippen LogP contribution < -0.4 is 15.4 Å². The lowest BCUT2D eigenvalue weighted by Crippen LogP contribution is -2.43. The molecule has 0 spiro atoms. The molecule has 0 aliphatic heterocycles. The first-order chi connectivity index (χ1) is 13.5. The van der Waals surface area contributed by atoms with E-state index in [0.29, 0.717) is 37.0 Å². The predicted octanol–water partition coefficient (Wildman–Crippen LogP) is 3.46. The minimum absolute atomic E-state index is 0.0347. The molecule has 1 aromatic carbocycles. The number of urea groups is 1. The molecule has 1 fully saturated rings. The Morgan fingerprint density at radius 3 is 2.68 bits per heavy atom. The second-order valence-electron chi connectivity index (χ2n) is 6.74. The van der Waals surface area contributed by atoms with Crippen molar-refractivity contribution in [3.8, 4) is 11.6 Å². The second kappa shape index (κ2) is 9.16. The van der Waals surface area contributed by atoms with Crippen molar-refractivity contribution >= 4 is 12.0 Å². The normalized spacial score (nSPS) is 18.9. The summed E-state index contributed by atoms with van der Waals surface area (Å²) in [6.07, 6.45) is 3.97. The van der Waals surface area contributed by atoms with Crippen LogP contribution >= 0.6 is 0 Å². The van der Waals surface area contributed by atoms with Gasteiger partial charge in [0.05, 0.1) is 5.92 Å². The van der Waals surface area contributed by atoms with Crippen LogP contribution in [0.25, 0.3) is 0 Å². The molecular formula is C20H22FN3O4. The van der Waals surface area contributed by atoms with Gasteiger partial charge in [-0.05, 0) is 43.9 Å². The van der Waals surface area contributed by atoms with Crippen LogP contribution in [-0.2, 0) is 11.3 Å². The van der Waals surface area contributed by atoms with Crippen LogP contribution in [0.15, 0.2) is 42.6 Å². The van der Waals surface area contributed by atoms with Crippen LogP contribution in [0, 0.1) is 11.7 Å². The summed E-state index contributed by atoms with van der Waals surface area (Å²) in [5, 5.41) is 14.7. The Bertz CT molecular complexity index is 838. The molecule has 0 unspecified atom stereocenters. The maximum atomic E-state index is 13.3. The number of rotatable bonds is 6. The summed E-state index contributed by atoms with van der Waals surface area (Å²) in [4.78, 5) is 27.3. The van der Waals surface area contributed by atoms with E-state index in [-0.39, 0.29) is 30.4 Å². The lowest BCUT2D eigenvalue weighted by Gasteiger charge is -2.26. The summed E-state index contributed by atoms with van der Waals surface area (Å²) in [5.74, 6) is -0.899. The van der Waals surface area contributed by atoms with E-state index in [2.05, 4.69) is 15.6 Å². The van der Waals surface area contributed by atoms with Gasteiger partial charge in [0.15, 0.2) is 0 Å². The number of carbonyl (C=O) groups is 2. The zero-order chi connectivity index (χ0) is 19.9. The molecule has 8 heteroatoms. The van der Waals surface area contributed by atoms with Crippen LogP contribution in [0.3, 0.4) is 0 Å². The lowest BCUT2D eigenvalue weighted by molar-refractivity contribution is -0.142. The fourth-order valence-electron chi connectivity index (χ4n) is 3.19. The maximum Gasteiger partial charge on any atom is 0.315 e. The van der Waals surface area contributed by atoms with Gasteiger partial charge in [-0.2, -0.15) is 0 Å². The SMILES string of the molecule is O=C(NCc1cccnc1Oc1cccc(F)c1)NC1CCC(C(=O)O)CC1. The number of hydrogen-bond donors (Lipinski definition) is 3. The third kappa shape index (κ3) is 5.42. The number of nitrogens with one attached hydrogen (secondary N) is 2. The Labute approximate surface area is 161 Å². The standard InChI is InChI=1S/C20H22FN3O4/c21-15-4-1-5-17(11-15)28-18-14(3-2-10-22-18)12-23-20(27)24-16-8-6-13(7-9-16)19(25)26/h1-5,10-11,13,16H,6-9,12H2,(H,25,26)(H2,23,24,27). The Balaban J connectivity index is 1.52. The molecule has 28 heavy (non-hydrogen) atoms. The molecule has 0 bridgehead atoms. The van der Waals surface area contributed by atoms with Gasteiger partial charge in [0.25, 0.3) is 0 Å². The van der Waals surface area contributed by atoms with Gasteiger partial charge in [0.1, 0.15) is 11.6 Å². The number of hydrogen-bond acceptors (Lipinski definition) is 4. The van der Waals surface area contributed by atoms with Crippen molar-refractivity contribution in [2.45, 2.75) is 38.3 Å². The van der Waals surface area contributed by atoms with Crippen molar-refractivity contribution in [2.24, 2.45) is 5.92 Å².